The number of rotatable bonds is 3. The second-order valence-corrected chi connectivity index (χ2v) is 6.97. The van der Waals surface area contributed by atoms with Crippen molar-refractivity contribution in [3.63, 3.8) is 0 Å². The number of aromatic nitrogens is 1. The fourth-order valence-electron chi connectivity index (χ4n) is 3.43. The molecule has 2 aliphatic rings. The maximum absolute atomic E-state index is 4.92. The summed E-state index contributed by atoms with van der Waals surface area (Å²) in [5.74, 6) is 1.77. The zero-order chi connectivity index (χ0) is 12.4. The molecule has 1 saturated carbocycles. The quantitative estimate of drug-likeness (QED) is 0.896. The van der Waals surface area contributed by atoms with Crippen LogP contribution >= 0.6 is 11.3 Å². The van der Waals surface area contributed by atoms with Crippen molar-refractivity contribution >= 4 is 11.3 Å². The summed E-state index contributed by atoms with van der Waals surface area (Å²) < 4.78 is 0. The van der Waals surface area contributed by atoms with Crippen LogP contribution in [0.3, 0.4) is 0 Å². The molecule has 0 radical (unpaired) electrons. The molecule has 1 aromatic rings. The van der Waals surface area contributed by atoms with Crippen molar-refractivity contribution in [3.8, 4) is 0 Å². The molecule has 2 heterocycles. The van der Waals surface area contributed by atoms with E-state index in [1.54, 1.807) is 0 Å². The first-order valence-corrected chi connectivity index (χ1v) is 8.37. The highest BCUT2D eigenvalue weighted by atomic mass is 32.1. The molecule has 1 aliphatic heterocycles. The van der Waals surface area contributed by atoms with Gasteiger partial charge < -0.3 is 5.32 Å². The minimum Gasteiger partial charge on any atom is -0.311 e. The van der Waals surface area contributed by atoms with Gasteiger partial charge in [-0.2, -0.15) is 0 Å². The summed E-state index contributed by atoms with van der Waals surface area (Å²) >= 11 is 1.98. The van der Waals surface area contributed by atoms with E-state index in [2.05, 4.69) is 12.2 Å². The summed E-state index contributed by atoms with van der Waals surface area (Å²) in [6.07, 6.45) is 9.55. The number of hydrogen-bond donors (Lipinski definition) is 1. The van der Waals surface area contributed by atoms with Crippen molar-refractivity contribution in [2.45, 2.75) is 64.3 Å². The first-order chi connectivity index (χ1) is 8.86. The molecule has 0 amide bonds. The van der Waals surface area contributed by atoms with Crippen molar-refractivity contribution in [1.82, 2.24) is 10.3 Å². The molecule has 0 atom stereocenters. The lowest BCUT2D eigenvalue weighted by atomic mass is 9.80. The molecule has 0 spiro atoms. The van der Waals surface area contributed by atoms with Crippen molar-refractivity contribution in [2.24, 2.45) is 5.92 Å². The second-order valence-electron chi connectivity index (χ2n) is 5.86. The third-order valence-electron chi connectivity index (χ3n) is 4.51. The van der Waals surface area contributed by atoms with Gasteiger partial charge in [-0.05, 0) is 31.6 Å². The zero-order valence-electron chi connectivity index (χ0n) is 11.4. The third kappa shape index (κ3) is 2.62. The summed E-state index contributed by atoms with van der Waals surface area (Å²) in [7, 11) is 0. The van der Waals surface area contributed by atoms with E-state index in [0.29, 0.717) is 0 Å². The van der Waals surface area contributed by atoms with Gasteiger partial charge in [0.25, 0.3) is 0 Å². The fraction of sp³-hybridized carbons (Fsp3) is 0.800. The molecular weight excluding hydrogens is 240 g/mol. The van der Waals surface area contributed by atoms with Crippen LogP contribution in [0.4, 0.5) is 0 Å². The summed E-state index contributed by atoms with van der Waals surface area (Å²) in [6, 6.07) is 0. The van der Waals surface area contributed by atoms with E-state index >= 15 is 0 Å². The summed E-state index contributed by atoms with van der Waals surface area (Å²) in [5, 5.41) is 4.89. The van der Waals surface area contributed by atoms with Gasteiger partial charge in [0.2, 0.25) is 0 Å². The normalized spacial score (nSPS) is 28.1. The average Bonchev–Trinajstić information content (AvgIpc) is 2.84. The van der Waals surface area contributed by atoms with E-state index in [4.69, 9.17) is 4.98 Å². The molecule has 1 aliphatic carbocycles. The molecule has 0 unspecified atom stereocenters. The number of thiazole rings is 1. The SMILES string of the molecule is CCCC1CCC(c2nc3c(s2)CNCC3)CC1. The number of nitrogens with one attached hydrogen (secondary N) is 1. The van der Waals surface area contributed by atoms with Gasteiger partial charge in [0, 0.05) is 30.3 Å². The Kier molecular flexibility index (Phi) is 4.00. The van der Waals surface area contributed by atoms with Crippen LogP contribution in [0, 0.1) is 5.92 Å². The van der Waals surface area contributed by atoms with Crippen LogP contribution in [-0.4, -0.2) is 11.5 Å². The van der Waals surface area contributed by atoms with Crippen molar-refractivity contribution in [2.75, 3.05) is 6.54 Å². The smallest absolute Gasteiger partial charge is 0.0962 e. The first-order valence-electron chi connectivity index (χ1n) is 7.56. The highest BCUT2D eigenvalue weighted by molar-refractivity contribution is 7.11. The molecule has 1 N–H and O–H groups in total. The van der Waals surface area contributed by atoms with Gasteiger partial charge in [-0.25, -0.2) is 4.98 Å². The molecule has 100 valence electrons. The zero-order valence-corrected chi connectivity index (χ0v) is 12.2. The van der Waals surface area contributed by atoms with Gasteiger partial charge in [-0.3, -0.25) is 0 Å². The van der Waals surface area contributed by atoms with Crippen molar-refractivity contribution < 1.29 is 0 Å². The predicted octanol–water partition coefficient (Wildman–Crippen LogP) is 3.86. The van der Waals surface area contributed by atoms with Gasteiger partial charge in [0.05, 0.1) is 10.7 Å². The Labute approximate surface area is 114 Å². The topological polar surface area (TPSA) is 24.9 Å². The van der Waals surface area contributed by atoms with E-state index in [1.165, 1.54) is 54.1 Å². The van der Waals surface area contributed by atoms with Crippen LogP contribution in [0.2, 0.25) is 0 Å². The van der Waals surface area contributed by atoms with Gasteiger partial charge in [0.1, 0.15) is 0 Å². The van der Waals surface area contributed by atoms with E-state index in [0.717, 1.165) is 31.3 Å². The number of fused-ring (bicyclic) bond motifs is 1. The molecule has 3 heteroatoms. The monoisotopic (exact) mass is 264 g/mol. The molecule has 0 bridgehead atoms. The van der Waals surface area contributed by atoms with Crippen LogP contribution in [0.5, 0.6) is 0 Å². The summed E-state index contributed by atoms with van der Waals surface area (Å²) in [5.41, 5.74) is 1.39. The average molecular weight is 264 g/mol. The largest absolute Gasteiger partial charge is 0.311 e. The Balaban J connectivity index is 1.64. The Hall–Kier alpha value is -0.410. The van der Waals surface area contributed by atoms with Gasteiger partial charge in [-0.1, -0.05) is 19.8 Å². The third-order valence-corrected chi connectivity index (χ3v) is 5.77. The standard InChI is InChI=1S/C15H24N2S/c1-2-3-11-4-6-12(7-5-11)15-17-13-8-9-16-10-14(13)18-15/h11-12,16H,2-10H2,1H3. The fourth-order valence-corrected chi connectivity index (χ4v) is 4.68. The Morgan fingerprint density at radius 3 is 2.83 bits per heavy atom. The van der Waals surface area contributed by atoms with Crippen molar-refractivity contribution in [3.05, 3.63) is 15.6 Å². The van der Waals surface area contributed by atoms with Gasteiger partial charge >= 0.3 is 0 Å². The van der Waals surface area contributed by atoms with Crippen LogP contribution in [0.1, 0.15) is 66.9 Å². The highest BCUT2D eigenvalue weighted by Gasteiger charge is 2.25. The molecule has 0 saturated heterocycles. The molecule has 1 aromatic heterocycles. The molecule has 0 aromatic carbocycles. The Morgan fingerprint density at radius 1 is 1.28 bits per heavy atom. The van der Waals surface area contributed by atoms with Crippen molar-refractivity contribution in [1.29, 1.82) is 0 Å². The van der Waals surface area contributed by atoms with Crippen LogP contribution in [0.15, 0.2) is 0 Å². The van der Waals surface area contributed by atoms with E-state index in [1.807, 2.05) is 11.3 Å². The maximum atomic E-state index is 4.92. The van der Waals surface area contributed by atoms with Crippen LogP contribution < -0.4 is 5.32 Å². The maximum Gasteiger partial charge on any atom is 0.0962 e. The van der Waals surface area contributed by atoms with Crippen LogP contribution in [-0.2, 0) is 13.0 Å². The molecule has 1 fully saturated rings. The lowest BCUT2D eigenvalue weighted by molar-refractivity contribution is 0.308. The summed E-state index contributed by atoms with van der Waals surface area (Å²) in [6.45, 7) is 4.48. The minimum absolute atomic E-state index is 0.772. The molecule has 2 nitrogen and oxygen atoms in total. The lowest BCUT2D eigenvalue weighted by Crippen LogP contribution is -2.22. The number of hydrogen-bond acceptors (Lipinski definition) is 3. The van der Waals surface area contributed by atoms with Gasteiger partial charge in [0.15, 0.2) is 0 Å². The molecule has 18 heavy (non-hydrogen) atoms. The molecule has 3 rings (SSSR count). The predicted molar refractivity (Wildman–Crippen MR) is 77.1 cm³/mol. The Morgan fingerprint density at radius 2 is 2.11 bits per heavy atom. The second kappa shape index (κ2) is 5.70. The minimum atomic E-state index is 0.772. The Bertz CT molecular complexity index is 368. The van der Waals surface area contributed by atoms with E-state index in [-0.39, 0.29) is 0 Å². The van der Waals surface area contributed by atoms with Gasteiger partial charge in [-0.15, -0.1) is 11.3 Å². The van der Waals surface area contributed by atoms with E-state index in [9.17, 15) is 0 Å². The van der Waals surface area contributed by atoms with Crippen LogP contribution in [0.25, 0.3) is 0 Å². The van der Waals surface area contributed by atoms with E-state index < -0.39 is 0 Å². The summed E-state index contributed by atoms with van der Waals surface area (Å²) in [4.78, 5) is 6.43. The lowest BCUT2D eigenvalue weighted by Gasteiger charge is -2.26. The highest BCUT2D eigenvalue weighted by Crippen LogP contribution is 2.39. The first kappa shape index (κ1) is 12.6. The molecular formula is C15H24N2S. The number of nitrogens with zero attached hydrogens (tertiary/aromatic N) is 1.